The Hall–Kier alpha value is -1.48. The van der Waals surface area contributed by atoms with Crippen molar-refractivity contribution in [3.63, 3.8) is 0 Å². The van der Waals surface area contributed by atoms with Crippen LogP contribution in [0, 0.1) is 0 Å². The van der Waals surface area contributed by atoms with Gasteiger partial charge < -0.3 is 14.5 Å². The molecule has 1 heterocycles. The summed E-state index contributed by atoms with van der Waals surface area (Å²) >= 11 is 0. The van der Waals surface area contributed by atoms with Gasteiger partial charge in [-0.3, -0.25) is 0 Å². The Morgan fingerprint density at radius 2 is 2.14 bits per heavy atom. The molecule has 74 valence electrons. The van der Waals surface area contributed by atoms with E-state index in [4.69, 9.17) is 9.47 Å². The summed E-state index contributed by atoms with van der Waals surface area (Å²) in [4.78, 5) is 3.13. The lowest BCUT2D eigenvalue weighted by Gasteiger charge is -2.04. The lowest BCUT2D eigenvalue weighted by Crippen LogP contribution is -2.03. The van der Waals surface area contributed by atoms with E-state index in [0.29, 0.717) is 13.2 Å². The van der Waals surface area contributed by atoms with Crippen LogP contribution in [-0.2, 0) is 4.74 Å². The lowest BCUT2D eigenvalue weighted by atomic mass is 10.2. The van der Waals surface area contributed by atoms with E-state index in [1.807, 2.05) is 30.5 Å². The summed E-state index contributed by atoms with van der Waals surface area (Å²) in [6.07, 6.45) is 1.92. The van der Waals surface area contributed by atoms with Crippen molar-refractivity contribution in [3.8, 4) is 5.75 Å². The summed E-state index contributed by atoms with van der Waals surface area (Å²) in [5, 5.41) is 1.17. The average molecular weight is 191 g/mol. The molecule has 0 saturated heterocycles. The van der Waals surface area contributed by atoms with Gasteiger partial charge in [0.15, 0.2) is 0 Å². The van der Waals surface area contributed by atoms with Crippen molar-refractivity contribution < 1.29 is 9.47 Å². The van der Waals surface area contributed by atoms with Crippen molar-refractivity contribution >= 4 is 10.9 Å². The van der Waals surface area contributed by atoms with Gasteiger partial charge in [0.25, 0.3) is 0 Å². The summed E-state index contributed by atoms with van der Waals surface area (Å²) in [6, 6.07) is 8.01. The van der Waals surface area contributed by atoms with E-state index in [2.05, 4.69) is 4.98 Å². The number of ether oxygens (including phenoxy) is 2. The maximum Gasteiger partial charge on any atom is 0.120 e. The standard InChI is InChI=1S/C11H13NO2/c1-13-6-7-14-10-2-3-11-9(8-10)4-5-12-11/h2-5,8,12H,6-7H2,1H3. The van der Waals surface area contributed by atoms with Gasteiger partial charge in [-0.1, -0.05) is 0 Å². The number of methoxy groups -OCH3 is 1. The van der Waals surface area contributed by atoms with Crippen molar-refractivity contribution in [2.24, 2.45) is 0 Å². The van der Waals surface area contributed by atoms with Crippen LogP contribution in [0.15, 0.2) is 30.5 Å². The summed E-state index contributed by atoms with van der Waals surface area (Å²) in [5.74, 6) is 0.883. The van der Waals surface area contributed by atoms with Crippen LogP contribution in [0.1, 0.15) is 0 Å². The lowest BCUT2D eigenvalue weighted by molar-refractivity contribution is 0.146. The third-order valence-electron chi connectivity index (χ3n) is 2.08. The van der Waals surface area contributed by atoms with Gasteiger partial charge in [-0.25, -0.2) is 0 Å². The fourth-order valence-electron chi connectivity index (χ4n) is 1.36. The Morgan fingerprint density at radius 1 is 1.21 bits per heavy atom. The van der Waals surface area contributed by atoms with Crippen LogP contribution >= 0.6 is 0 Å². The molecule has 1 N–H and O–H groups in total. The molecule has 0 radical (unpaired) electrons. The highest BCUT2D eigenvalue weighted by Crippen LogP contribution is 2.19. The molecule has 14 heavy (non-hydrogen) atoms. The van der Waals surface area contributed by atoms with Crippen molar-refractivity contribution in [1.82, 2.24) is 4.98 Å². The molecule has 0 aliphatic carbocycles. The zero-order valence-corrected chi connectivity index (χ0v) is 8.12. The molecule has 2 rings (SSSR count). The molecule has 0 fully saturated rings. The van der Waals surface area contributed by atoms with Crippen LogP contribution in [-0.4, -0.2) is 25.3 Å². The molecule has 0 aliphatic rings. The maximum atomic E-state index is 5.48. The van der Waals surface area contributed by atoms with Crippen molar-refractivity contribution in [2.75, 3.05) is 20.3 Å². The number of H-pyrrole nitrogens is 1. The molecule has 0 amide bonds. The van der Waals surface area contributed by atoms with Crippen LogP contribution in [0.4, 0.5) is 0 Å². The van der Waals surface area contributed by atoms with Gasteiger partial charge in [0.1, 0.15) is 12.4 Å². The molecule has 0 spiro atoms. The van der Waals surface area contributed by atoms with Crippen LogP contribution in [0.5, 0.6) is 5.75 Å². The fourth-order valence-corrected chi connectivity index (χ4v) is 1.36. The number of hydrogen-bond acceptors (Lipinski definition) is 2. The molecule has 0 aliphatic heterocycles. The number of benzene rings is 1. The van der Waals surface area contributed by atoms with Crippen LogP contribution in [0.25, 0.3) is 10.9 Å². The quantitative estimate of drug-likeness (QED) is 0.752. The average Bonchev–Trinajstić information content (AvgIpc) is 2.65. The van der Waals surface area contributed by atoms with E-state index in [1.54, 1.807) is 7.11 Å². The Kier molecular flexibility index (Phi) is 2.70. The zero-order valence-electron chi connectivity index (χ0n) is 8.12. The van der Waals surface area contributed by atoms with Crippen molar-refractivity contribution in [1.29, 1.82) is 0 Å². The first-order chi connectivity index (χ1) is 6.90. The molecule has 0 atom stereocenters. The Balaban J connectivity index is 2.10. The number of nitrogens with one attached hydrogen (secondary N) is 1. The van der Waals surface area contributed by atoms with E-state index < -0.39 is 0 Å². The molecule has 0 saturated carbocycles. The predicted molar refractivity (Wildman–Crippen MR) is 55.7 cm³/mol. The topological polar surface area (TPSA) is 34.2 Å². The van der Waals surface area contributed by atoms with Gasteiger partial charge in [0.05, 0.1) is 6.61 Å². The minimum atomic E-state index is 0.590. The van der Waals surface area contributed by atoms with Crippen LogP contribution < -0.4 is 4.74 Å². The number of aromatic amines is 1. The molecular formula is C11H13NO2. The van der Waals surface area contributed by atoms with E-state index in [0.717, 1.165) is 11.3 Å². The highest BCUT2D eigenvalue weighted by Gasteiger charge is 1.97. The summed E-state index contributed by atoms with van der Waals surface area (Å²) in [7, 11) is 1.67. The van der Waals surface area contributed by atoms with E-state index in [1.165, 1.54) is 5.39 Å². The summed E-state index contributed by atoms with van der Waals surface area (Å²) in [6.45, 7) is 1.21. The molecule has 0 bridgehead atoms. The Bertz CT molecular complexity index is 408. The van der Waals surface area contributed by atoms with Crippen LogP contribution in [0.2, 0.25) is 0 Å². The predicted octanol–water partition coefficient (Wildman–Crippen LogP) is 2.19. The molecule has 3 nitrogen and oxygen atoms in total. The summed E-state index contributed by atoms with van der Waals surface area (Å²) in [5.41, 5.74) is 1.13. The third kappa shape index (κ3) is 1.88. The molecular weight excluding hydrogens is 178 g/mol. The van der Waals surface area contributed by atoms with Gasteiger partial charge in [-0.15, -0.1) is 0 Å². The fraction of sp³-hybridized carbons (Fsp3) is 0.273. The SMILES string of the molecule is COCCOc1ccc2[nH]ccc2c1. The molecule has 0 unspecified atom stereocenters. The van der Waals surface area contributed by atoms with Crippen molar-refractivity contribution in [3.05, 3.63) is 30.5 Å². The molecule has 3 heteroatoms. The minimum Gasteiger partial charge on any atom is -0.491 e. The van der Waals surface area contributed by atoms with Gasteiger partial charge in [0.2, 0.25) is 0 Å². The van der Waals surface area contributed by atoms with Crippen molar-refractivity contribution in [2.45, 2.75) is 0 Å². The van der Waals surface area contributed by atoms with Gasteiger partial charge in [0, 0.05) is 24.2 Å². The monoisotopic (exact) mass is 191 g/mol. The number of hydrogen-bond donors (Lipinski definition) is 1. The van der Waals surface area contributed by atoms with Gasteiger partial charge in [-0.05, 0) is 24.3 Å². The summed E-state index contributed by atoms with van der Waals surface area (Å²) < 4.78 is 10.4. The molecule has 1 aromatic heterocycles. The zero-order chi connectivity index (χ0) is 9.80. The second-order valence-electron chi connectivity index (χ2n) is 3.07. The number of fused-ring (bicyclic) bond motifs is 1. The van der Waals surface area contributed by atoms with E-state index in [9.17, 15) is 0 Å². The molecule has 2 aromatic rings. The van der Waals surface area contributed by atoms with Gasteiger partial charge >= 0.3 is 0 Å². The second-order valence-corrected chi connectivity index (χ2v) is 3.07. The first kappa shape index (κ1) is 9.09. The number of rotatable bonds is 4. The second kappa shape index (κ2) is 4.15. The first-order valence-electron chi connectivity index (χ1n) is 4.59. The van der Waals surface area contributed by atoms with Gasteiger partial charge in [-0.2, -0.15) is 0 Å². The largest absolute Gasteiger partial charge is 0.491 e. The van der Waals surface area contributed by atoms with Crippen LogP contribution in [0.3, 0.4) is 0 Å². The highest BCUT2D eigenvalue weighted by molar-refractivity contribution is 5.80. The first-order valence-corrected chi connectivity index (χ1v) is 4.59. The normalized spacial score (nSPS) is 10.6. The number of aromatic nitrogens is 1. The highest BCUT2D eigenvalue weighted by atomic mass is 16.5. The Labute approximate surface area is 82.6 Å². The van der Waals surface area contributed by atoms with E-state index >= 15 is 0 Å². The molecule has 1 aromatic carbocycles. The maximum absolute atomic E-state index is 5.48. The van der Waals surface area contributed by atoms with E-state index in [-0.39, 0.29) is 0 Å². The third-order valence-corrected chi connectivity index (χ3v) is 2.08. The minimum absolute atomic E-state index is 0.590. The smallest absolute Gasteiger partial charge is 0.120 e. The Morgan fingerprint density at radius 3 is 3.00 bits per heavy atom.